The predicted octanol–water partition coefficient (Wildman–Crippen LogP) is 2.29. The second kappa shape index (κ2) is 4.84. The number of rotatable bonds is 4. The molecule has 2 aromatic heterocycles. The molecule has 2 aromatic rings. The van der Waals surface area contributed by atoms with Gasteiger partial charge in [0.2, 0.25) is 0 Å². The monoisotopic (exact) mass is 215 g/mol. The molecule has 2 heterocycles. The van der Waals surface area contributed by atoms with Crippen LogP contribution in [0.15, 0.2) is 36.7 Å². The van der Waals surface area contributed by atoms with Crippen molar-refractivity contribution in [2.75, 3.05) is 12.0 Å². The average molecular weight is 215 g/mol. The quantitative estimate of drug-likeness (QED) is 0.848. The molecule has 0 saturated heterocycles. The second-order valence-corrected chi connectivity index (χ2v) is 3.97. The summed E-state index contributed by atoms with van der Waals surface area (Å²) in [5.74, 6) is 0. The number of nitrogens with one attached hydrogen (secondary N) is 1. The normalized spacial score (nSPS) is 10.4. The molecule has 3 nitrogen and oxygen atoms in total. The maximum absolute atomic E-state index is 4.10. The fourth-order valence-electron chi connectivity index (χ4n) is 1.78. The van der Waals surface area contributed by atoms with Gasteiger partial charge in [-0.15, -0.1) is 0 Å². The number of pyridine rings is 1. The van der Waals surface area contributed by atoms with E-state index < -0.39 is 0 Å². The van der Waals surface area contributed by atoms with E-state index in [0.717, 1.165) is 13.0 Å². The van der Waals surface area contributed by atoms with Gasteiger partial charge in [-0.3, -0.25) is 9.66 Å². The van der Waals surface area contributed by atoms with Gasteiger partial charge < -0.3 is 5.43 Å². The van der Waals surface area contributed by atoms with Gasteiger partial charge >= 0.3 is 0 Å². The van der Waals surface area contributed by atoms with Gasteiger partial charge in [0, 0.05) is 30.3 Å². The highest BCUT2D eigenvalue weighted by Gasteiger charge is 1.99. The molecule has 0 atom stereocenters. The Morgan fingerprint density at radius 2 is 1.94 bits per heavy atom. The molecular weight excluding hydrogens is 198 g/mol. The van der Waals surface area contributed by atoms with Crippen LogP contribution in [0.5, 0.6) is 0 Å². The Hall–Kier alpha value is -1.77. The number of nitrogens with zero attached hydrogens (tertiary/aromatic N) is 2. The Morgan fingerprint density at radius 1 is 1.19 bits per heavy atom. The summed E-state index contributed by atoms with van der Waals surface area (Å²) >= 11 is 0. The van der Waals surface area contributed by atoms with Crippen molar-refractivity contribution in [2.24, 2.45) is 0 Å². The van der Waals surface area contributed by atoms with Crippen molar-refractivity contribution in [1.82, 2.24) is 9.66 Å². The van der Waals surface area contributed by atoms with Crippen molar-refractivity contribution in [3.05, 3.63) is 53.6 Å². The van der Waals surface area contributed by atoms with Crippen LogP contribution in [0, 0.1) is 13.8 Å². The largest absolute Gasteiger partial charge is 0.326 e. The van der Waals surface area contributed by atoms with Crippen LogP contribution in [-0.4, -0.2) is 16.2 Å². The first-order chi connectivity index (χ1) is 7.77. The van der Waals surface area contributed by atoms with Crippen LogP contribution in [0.3, 0.4) is 0 Å². The summed E-state index contributed by atoms with van der Waals surface area (Å²) in [6.45, 7) is 5.12. The minimum Gasteiger partial charge on any atom is -0.326 e. The molecule has 0 spiro atoms. The first kappa shape index (κ1) is 10.7. The Morgan fingerprint density at radius 3 is 2.56 bits per heavy atom. The molecule has 0 fully saturated rings. The highest BCUT2D eigenvalue weighted by atomic mass is 15.4. The molecule has 0 amide bonds. The Kier molecular flexibility index (Phi) is 3.25. The summed E-state index contributed by atoms with van der Waals surface area (Å²) in [6, 6.07) is 8.31. The van der Waals surface area contributed by atoms with Gasteiger partial charge in [-0.1, -0.05) is 6.07 Å². The molecule has 16 heavy (non-hydrogen) atoms. The number of hydrogen-bond donors (Lipinski definition) is 1. The van der Waals surface area contributed by atoms with E-state index >= 15 is 0 Å². The second-order valence-electron chi connectivity index (χ2n) is 3.97. The van der Waals surface area contributed by atoms with Crippen molar-refractivity contribution in [1.29, 1.82) is 0 Å². The van der Waals surface area contributed by atoms with Gasteiger partial charge in [0.15, 0.2) is 0 Å². The van der Waals surface area contributed by atoms with Gasteiger partial charge in [0.05, 0.1) is 0 Å². The third-order valence-electron chi connectivity index (χ3n) is 2.68. The molecule has 84 valence electrons. The topological polar surface area (TPSA) is 29.9 Å². The van der Waals surface area contributed by atoms with Gasteiger partial charge in [-0.05, 0) is 44.0 Å². The minimum atomic E-state index is 0.919. The summed E-state index contributed by atoms with van der Waals surface area (Å²) in [5.41, 5.74) is 7.14. The van der Waals surface area contributed by atoms with Gasteiger partial charge in [-0.25, -0.2) is 0 Å². The third-order valence-corrected chi connectivity index (χ3v) is 2.68. The van der Waals surface area contributed by atoms with Crippen LogP contribution >= 0.6 is 0 Å². The summed E-state index contributed by atoms with van der Waals surface area (Å²) in [4.78, 5) is 4.10. The molecule has 0 radical (unpaired) electrons. The highest BCUT2D eigenvalue weighted by Crippen LogP contribution is 2.04. The summed E-state index contributed by atoms with van der Waals surface area (Å²) in [7, 11) is 0. The Balaban J connectivity index is 1.89. The molecule has 0 saturated carbocycles. The molecule has 0 aromatic carbocycles. The zero-order chi connectivity index (χ0) is 11.4. The van der Waals surface area contributed by atoms with Crippen LogP contribution in [0.1, 0.15) is 17.0 Å². The average Bonchev–Trinajstić information content (AvgIpc) is 2.62. The van der Waals surface area contributed by atoms with Crippen LogP contribution in [0.25, 0.3) is 0 Å². The van der Waals surface area contributed by atoms with Gasteiger partial charge in [0.1, 0.15) is 0 Å². The highest BCUT2D eigenvalue weighted by molar-refractivity contribution is 5.16. The minimum absolute atomic E-state index is 0.919. The lowest BCUT2D eigenvalue weighted by molar-refractivity contribution is 0.780. The van der Waals surface area contributed by atoms with E-state index in [9.17, 15) is 0 Å². The molecule has 0 unspecified atom stereocenters. The molecular formula is C13H17N3. The summed E-state index contributed by atoms with van der Waals surface area (Å²) in [5, 5.41) is 0. The number of aryl methyl sites for hydroxylation is 2. The van der Waals surface area contributed by atoms with E-state index in [2.05, 4.69) is 47.1 Å². The Bertz CT molecular complexity index is 426. The molecule has 2 rings (SSSR count). The fraction of sp³-hybridized carbons (Fsp3) is 0.308. The molecule has 1 N–H and O–H groups in total. The van der Waals surface area contributed by atoms with Crippen molar-refractivity contribution in [2.45, 2.75) is 20.3 Å². The molecule has 3 heteroatoms. The molecule has 0 aliphatic rings. The maximum Gasteiger partial charge on any atom is 0.0366 e. The van der Waals surface area contributed by atoms with E-state index in [-0.39, 0.29) is 0 Å². The smallest absolute Gasteiger partial charge is 0.0366 e. The maximum atomic E-state index is 4.10. The molecule has 0 aliphatic carbocycles. The van der Waals surface area contributed by atoms with Gasteiger partial charge in [0.25, 0.3) is 0 Å². The molecule has 0 aliphatic heterocycles. The zero-order valence-electron chi connectivity index (χ0n) is 9.77. The van der Waals surface area contributed by atoms with E-state index in [1.807, 2.05) is 12.3 Å². The summed E-state index contributed by atoms with van der Waals surface area (Å²) in [6.07, 6.45) is 4.71. The van der Waals surface area contributed by atoms with Crippen molar-refractivity contribution >= 4 is 0 Å². The van der Waals surface area contributed by atoms with Gasteiger partial charge in [-0.2, -0.15) is 0 Å². The molecule has 0 bridgehead atoms. The van der Waals surface area contributed by atoms with Crippen LogP contribution in [-0.2, 0) is 6.42 Å². The standard InChI is InChI=1S/C13H17N3/c1-11-5-6-12(2)16(11)15-9-7-13-4-3-8-14-10-13/h3-6,8,10,15H,7,9H2,1-2H3. The van der Waals surface area contributed by atoms with E-state index in [1.165, 1.54) is 17.0 Å². The van der Waals surface area contributed by atoms with Crippen molar-refractivity contribution in [3.63, 3.8) is 0 Å². The van der Waals surface area contributed by atoms with Crippen LogP contribution < -0.4 is 5.43 Å². The SMILES string of the molecule is Cc1ccc(C)n1NCCc1cccnc1. The van der Waals surface area contributed by atoms with E-state index in [0.29, 0.717) is 0 Å². The van der Waals surface area contributed by atoms with E-state index in [1.54, 1.807) is 6.20 Å². The number of aromatic nitrogens is 2. The Labute approximate surface area is 96.1 Å². The first-order valence-electron chi connectivity index (χ1n) is 5.55. The van der Waals surface area contributed by atoms with Crippen molar-refractivity contribution < 1.29 is 0 Å². The van der Waals surface area contributed by atoms with Crippen molar-refractivity contribution in [3.8, 4) is 0 Å². The summed E-state index contributed by atoms with van der Waals surface area (Å²) < 4.78 is 2.12. The van der Waals surface area contributed by atoms with Crippen LogP contribution in [0.2, 0.25) is 0 Å². The first-order valence-corrected chi connectivity index (χ1v) is 5.55. The third kappa shape index (κ3) is 2.42. The van der Waals surface area contributed by atoms with Crippen LogP contribution in [0.4, 0.5) is 0 Å². The predicted molar refractivity (Wildman–Crippen MR) is 66.1 cm³/mol. The number of hydrogen-bond acceptors (Lipinski definition) is 2. The lowest BCUT2D eigenvalue weighted by Gasteiger charge is -2.12. The van der Waals surface area contributed by atoms with E-state index in [4.69, 9.17) is 0 Å². The zero-order valence-corrected chi connectivity index (χ0v) is 9.77. The lowest BCUT2D eigenvalue weighted by atomic mass is 10.2. The lowest BCUT2D eigenvalue weighted by Crippen LogP contribution is -2.19. The fourth-order valence-corrected chi connectivity index (χ4v) is 1.78.